The van der Waals surface area contributed by atoms with Crippen molar-refractivity contribution in [2.24, 2.45) is 0 Å². The number of rotatable bonds is 2. The van der Waals surface area contributed by atoms with E-state index in [9.17, 15) is 4.79 Å². The van der Waals surface area contributed by atoms with Crippen molar-refractivity contribution in [2.45, 2.75) is 18.9 Å². The van der Waals surface area contributed by atoms with Crippen molar-refractivity contribution in [3.8, 4) is 0 Å². The molecule has 4 heteroatoms. The number of nitrogens with zero attached hydrogens (tertiary/aromatic N) is 1. The summed E-state index contributed by atoms with van der Waals surface area (Å²) >= 11 is 6.17. The average molecular weight is 301 g/mol. The van der Waals surface area contributed by atoms with Crippen LogP contribution in [0, 0.1) is 0 Å². The molecule has 0 bridgehead atoms. The van der Waals surface area contributed by atoms with Gasteiger partial charge in [-0.3, -0.25) is 4.79 Å². The Hall–Kier alpha value is -2.00. The first-order valence-electron chi connectivity index (χ1n) is 6.98. The van der Waals surface area contributed by atoms with Gasteiger partial charge in [-0.25, -0.2) is 0 Å². The van der Waals surface area contributed by atoms with Crippen molar-refractivity contribution in [3.63, 3.8) is 0 Å². The van der Waals surface area contributed by atoms with E-state index in [0.29, 0.717) is 16.3 Å². The minimum atomic E-state index is -0.0889. The van der Waals surface area contributed by atoms with Crippen LogP contribution in [0.3, 0.4) is 0 Å². The third-order valence-electron chi connectivity index (χ3n) is 4.15. The van der Waals surface area contributed by atoms with E-state index in [1.54, 1.807) is 23.1 Å². The number of nitrogens with two attached hydrogens (primary N) is 1. The van der Waals surface area contributed by atoms with Crippen molar-refractivity contribution >= 4 is 23.2 Å². The molecule has 1 unspecified atom stereocenters. The quantitative estimate of drug-likeness (QED) is 0.860. The van der Waals surface area contributed by atoms with E-state index in [2.05, 4.69) is 12.1 Å². The van der Waals surface area contributed by atoms with E-state index in [-0.39, 0.29) is 11.9 Å². The van der Waals surface area contributed by atoms with Gasteiger partial charge in [0.2, 0.25) is 0 Å². The van der Waals surface area contributed by atoms with Gasteiger partial charge in [0.05, 0.1) is 22.3 Å². The summed E-state index contributed by atoms with van der Waals surface area (Å²) in [7, 11) is 1.83. The number of benzene rings is 2. The number of carbonyl (C=O) groups excluding carboxylic acids is 1. The Morgan fingerprint density at radius 2 is 2.00 bits per heavy atom. The minimum Gasteiger partial charge on any atom is -0.398 e. The number of aryl methyl sites for hydroxylation is 1. The van der Waals surface area contributed by atoms with Crippen molar-refractivity contribution in [3.05, 3.63) is 64.2 Å². The van der Waals surface area contributed by atoms with E-state index in [1.807, 2.05) is 19.2 Å². The molecular formula is C17H17ClN2O. The van der Waals surface area contributed by atoms with Gasteiger partial charge >= 0.3 is 0 Å². The van der Waals surface area contributed by atoms with Crippen LogP contribution in [0.4, 0.5) is 5.69 Å². The molecule has 0 radical (unpaired) electrons. The molecule has 0 aliphatic heterocycles. The summed E-state index contributed by atoms with van der Waals surface area (Å²) in [6, 6.07) is 13.6. The standard InChI is InChI=1S/C17H17ClN2O/c1-20(15-10-9-11-5-2-3-6-12(11)15)17(21)13-7-4-8-14(19)16(13)18/h2-8,15H,9-10,19H2,1H3. The van der Waals surface area contributed by atoms with Crippen LogP contribution in [0.5, 0.6) is 0 Å². The maximum Gasteiger partial charge on any atom is 0.255 e. The third kappa shape index (κ3) is 2.38. The number of fused-ring (bicyclic) bond motifs is 1. The number of nitrogen functional groups attached to an aromatic ring is 1. The monoisotopic (exact) mass is 300 g/mol. The lowest BCUT2D eigenvalue weighted by Gasteiger charge is -2.26. The van der Waals surface area contributed by atoms with Crippen LogP contribution in [0.15, 0.2) is 42.5 Å². The molecule has 2 N–H and O–H groups in total. The summed E-state index contributed by atoms with van der Waals surface area (Å²) in [4.78, 5) is 14.5. The van der Waals surface area contributed by atoms with E-state index in [0.717, 1.165) is 12.8 Å². The van der Waals surface area contributed by atoms with Crippen LogP contribution < -0.4 is 5.73 Å². The molecule has 108 valence electrons. The lowest BCUT2D eigenvalue weighted by molar-refractivity contribution is 0.0731. The topological polar surface area (TPSA) is 46.3 Å². The fourth-order valence-corrected chi connectivity index (χ4v) is 3.19. The molecule has 0 fully saturated rings. The van der Waals surface area contributed by atoms with E-state index in [4.69, 9.17) is 17.3 Å². The molecule has 3 rings (SSSR count). The molecule has 2 aromatic carbocycles. The highest BCUT2D eigenvalue weighted by molar-refractivity contribution is 6.36. The predicted molar refractivity (Wildman–Crippen MR) is 85.5 cm³/mol. The average Bonchev–Trinajstić information content (AvgIpc) is 2.92. The first kappa shape index (κ1) is 14.0. The van der Waals surface area contributed by atoms with Gasteiger partial charge in [-0.1, -0.05) is 41.9 Å². The summed E-state index contributed by atoms with van der Waals surface area (Å²) in [6.07, 6.45) is 1.95. The van der Waals surface area contributed by atoms with Crippen LogP contribution in [-0.4, -0.2) is 17.9 Å². The van der Waals surface area contributed by atoms with Crippen LogP contribution in [0.25, 0.3) is 0 Å². The van der Waals surface area contributed by atoms with Gasteiger partial charge in [0.1, 0.15) is 0 Å². The number of hydrogen-bond acceptors (Lipinski definition) is 2. The fraction of sp³-hybridized carbons (Fsp3) is 0.235. The van der Waals surface area contributed by atoms with Crippen LogP contribution in [-0.2, 0) is 6.42 Å². The van der Waals surface area contributed by atoms with Gasteiger partial charge in [-0.15, -0.1) is 0 Å². The summed E-state index contributed by atoms with van der Waals surface area (Å²) in [6.45, 7) is 0. The molecule has 2 aromatic rings. The van der Waals surface area contributed by atoms with Gasteiger partial charge < -0.3 is 10.6 Å². The smallest absolute Gasteiger partial charge is 0.255 e. The van der Waals surface area contributed by atoms with Gasteiger partial charge in [0.15, 0.2) is 0 Å². The van der Waals surface area contributed by atoms with Crippen molar-refractivity contribution < 1.29 is 4.79 Å². The largest absolute Gasteiger partial charge is 0.398 e. The second-order valence-electron chi connectivity index (χ2n) is 5.38. The Balaban J connectivity index is 1.91. The summed E-state index contributed by atoms with van der Waals surface area (Å²) in [5.41, 5.74) is 9.23. The predicted octanol–water partition coefficient (Wildman–Crippen LogP) is 3.68. The van der Waals surface area contributed by atoms with E-state index in [1.165, 1.54) is 11.1 Å². The second-order valence-corrected chi connectivity index (χ2v) is 5.76. The Bertz CT molecular complexity index is 699. The Labute approximate surface area is 129 Å². The van der Waals surface area contributed by atoms with E-state index < -0.39 is 0 Å². The molecule has 1 aliphatic rings. The van der Waals surface area contributed by atoms with Crippen LogP contribution in [0.2, 0.25) is 5.02 Å². The molecule has 1 aliphatic carbocycles. The van der Waals surface area contributed by atoms with Crippen molar-refractivity contribution in [2.75, 3.05) is 12.8 Å². The first-order chi connectivity index (χ1) is 10.1. The summed E-state index contributed by atoms with van der Waals surface area (Å²) in [5, 5.41) is 0.334. The van der Waals surface area contributed by atoms with Crippen molar-refractivity contribution in [1.29, 1.82) is 0 Å². The minimum absolute atomic E-state index is 0.0889. The zero-order valence-electron chi connectivity index (χ0n) is 11.8. The molecule has 0 saturated carbocycles. The number of amides is 1. The highest BCUT2D eigenvalue weighted by atomic mass is 35.5. The molecule has 0 spiro atoms. The maximum absolute atomic E-state index is 12.7. The molecule has 1 atom stereocenters. The molecule has 1 amide bonds. The van der Waals surface area contributed by atoms with Gasteiger partial charge in [-0.2, -0.15) is 0 Å². The maximum atomic E-state index is 12.7. The first-order valence-corrected chi connectivity index (χ1v) is 7.36. The van der Waals surface area contributed by atoms with E-state index >= 15 is 0 Å². The molecular weight excluding hydrogens is 284 g/mol. The highest BCUT2D eigenvalue weighted by Gasteiger charge is 2.29. The van der Waals surface area contributed by atoms with Gasteiger partial charge in [0.25, 0.3) is 5.91 Å². The molecule has 0 aromatic heterocycles. The van der Waals surface area contributed by atoms with Crippen molar-refractivity contribution in [1.82, 2.24) is 4.90 Å². The normalized spacial score (nSPS) is 16.6. The molecule has 21 heavy (non-hydrogen) atoms. The Morgan fingerprint density at radius 3 is 2.81 bits per heavy atom. The Kier molecular flexibility index (Phi) is 3.60. The number of hydrogen-bond donors (Lipinski definition) is 1. The molecule has 0 saturated heterocycles. The molecule has 3 nitrogen and oxygen atoms in total. The SMILES string of the molecule is CN(C(=O)c1cccc(N)c1Cl)C1CCc2ccccc21. The number of carbonyl (C=O) groups is 1. The van der Waals surface area contributed by atoms with Crippen LogP contribution in [0.1, 0.15) is 33.9 Å². The summed E-state index contributed by atoms with van der Waals surface area (Å²) < 4.78 is 0. The number of halogens is 1. The van der Waals surface area contributed by atoms with Gasteiger partial charge in [0, 0.05) is 7.05 Å². The number of anilines is 1. The third-order valence-corrected chi connectivity index (χ3v) is 4.57. The fourth-order valence-electron chi connectivity index (χ4n) is 2.98. The lowest BCUT2D eigenvalue weighted by Crippen LogP contribution is -2.30. The lowest BCUT2D eigenvalue weighted by atomic mass is 10.1. The van der Waals surface area contributed by atoms with Crippen LogP contribution >= 0.6 is 11.6 Å². The van der Waals surface area contributed by atoms with Gasteiger partial charge in [-0.05, 0) is 36.1 Å². The molecule has 0 heterocycles. The highest BCUT2D eigenvalue weighted by Crippen LogP contribution is 2.36. The Morgan fingerprint density at radius 1 is 1.24 bits per heavy atom. The summed E-state index contributed by atoms with van der Waals surface area (Å²) in [5.74, 6) is -0.0889. The zero-order chi connectivity index (χ0) is 15.0. The second kappa shape index (κ2) is 5.41. The zero-order valence-corrected chi connectivity index (χ0v) is 12.6.